The predicted octanol–water partition coefficient (Wildman–Crippen LogP) is 2.92. The number of halogens is 1. The lowest BCUT2D eigenvalue weighted by molar-refractivity contribution is 0.108. The fourth-order valence-corrected chi connectivity index (χ4v) is 0.485. The van der Waals surface area contributed by atoms with E-state index in [-0.39, 0.29) is 0 Å². The van der Waals surface area contributed by atoms with Crippen LogP contribution >= 0.6 is 0 Å². The van der Waals surface area contributed by atoms with Crippen molar-refractivity contribution in [1.29, 1.82) is 0 Å². The van der Waals surface area contributed by atoms with Gasteiger partial charge in [0.25, 0.3) is 0 Å². The van der Waals surface area contributed by atoms with Crippen LogP contribution in [-0.4, -0.2) is 5.67 Å². The van der Waals surface area contributed by atoms with Gasteiger partial charge in [0.2, 0.25) is 0 Å². The van der Waals surface area contributed by atoms with Crippen LogP contribution in [0.1, 0.15) is 51.7 Å². The molecule has 0 amide bonds. The first-order valence-corrected chi connectivity index (χ1v) is 2.69. The molecule has 54 valence electrons. The van der Waals surface area contributed by atoms with E-state index in [1.807, 2.05) is 0 Å². The zero-order valence-electron chi connectivity index (χ0n) is 14.4. The van der Waals surface area contributed by atoms with Gasteiger partial charge in [0, 0.05) is 12.3 Å². The summed E-state index contributed by atoms with van der Waals surface area (Å²) in [5.41, 5.74) is -3.41. The molecule has 0 radical (unpaired) electrons. The summed E-state index contributed by atoms with van der Waals surface area (Å²) in [6.07, 6.45) is -13.1. The second kappa shape index (κ2) is 2.28. The fraction of sp³-hybridized carbons (Fsp3) is 1.00. The fourth-order valence-electron chi connectivity index (χ4n) is 0.485. The Labute approximate surface area is 69.1 Å². The largest absolute Gasteiger partial charge is 0.244 e. The molecule has 0 aromatic rings. The molecule has 0 aromatic heterocycles. The average molecular weight is 139 g/mol. The zero-order chi connectivity index (χ0) is 15.0. The Morgan fingerprint density at radius 1 is 1.67 bits per heavy atom. The molecular formula is C8H15F. The summed E-state index contributed by atoms with van der Waals surface area (Å²) < 4.78 is 82.5. The average Bonchev–Trinajstić information content (AvgIpc) is 2.14. The van der Waals surface area contributed by atoms with Crippen molar-refractivity contribution in [2.75, 3.05) is 0 Å². The second-order valence-electron chi connectivity index (χ2n) is 2.13. The minimum absolute atomic E-state index is 0.498. The van der Waals surface area contributed by atoms with E-state index in [1.54, 1.807) is 0 Å². The first-order chi connectivity index (χ1) is 7.50. The van der Waals surface area contributed by atoms with Crippen LogP contribution in [0.3, 0.4) is 0 Å². The van der Waals surface area contributed by atoms with Crippen molar-refractivity contribution in [2.45, 2.75) is 45.0 Å². The monoisotopic (exact) mass is 139 g/mol. The molecule has 0 atom stereocenters. The van der Waals surface area contributed by atoms with Gasteiger partial charge in [-0.25, -0.2) is 4.39 Å². The van der Waals surface area contributed by atoms with Crippen LogP contribution in [0.15, 0.2) is 0 Å². The Morgan fingerprint density at radius 2 is 2.11 bits per heavy atom. The molecule has 1 fully saturated rings. The number of hydrogen-bond acceptors (Lipinski definition) is 0. The van der Waals surface area contributed by atoms with E-state index >= 15 is 0 Å². The maximum absolute atomic E-state index is 14.4. The van der Waals surface area contributed by atoms with E-state index in [4.69, 9.17) is 12.3 Å². The van der Waals surface area contributed by atoms with E-state index in [1.165, 1.54) is 0 Å². The van der Waals surface area contributed by atoms with Gasteiger partial charge < -0.3 is 0 Å². The Morgan fingerprint density at radius 3 is 2.56 bits per heavy atom. The quantitative estimate of drug-likeness (QED) is 0.484. The Bertz CT molecular complexity index is 254. The Balaban J connectivity index is 3.72. The van der Waals surface area contributed by atoms with Gasteiger partial charge in [0.15, 0.2) is 0 Å². The minimum Gasteiger partial charge on any atom is -0.244 e. The van der Waals surface area contributed by atoms with Gasteiger partial charge >= 0.3 is 0 Å². The molecule has 0 aliphatic heterocycles. The van der Waals surface area contributed by atoms with E-state index in [0.717, 1.165) is 6.92 Å². The minimum atomic E-state index is -3.41. The molecule has 9 heavy (non-hydrogen) atoms. The molecule has 0 unspecified atom stereocenters. The van der Waals surface area contributed by atoms with Gasteiger partial charge in [-0.1, -0.05) is 6.92 Å². The molecule has 1 aliphatic carbocycles. The van der Waals surface area contributed by atoms with Crippen molar-refractivity contribution in [3.63, 3.8) is 0 Å². The van der Waals surface area contributed by atoms with Crippen molar-refractivity contribution in [1.82, 2.24) is 0 Å². The summed E-state index contributed by atoms with van der Waals surface area (Å²) in [5, 5.41) is 0. The topological polar surface area (TPSA) is 0 Å². The summed E-state index contributed by atoms with van der Waals surface area (Å²) in [6.45, 7) is 1.25. The van der Waals surface area contributed by atoms with Crippen LogP contribution < -0.4 is 0 Å². The molecule has 1 aliphatic rings. The van der Waals surface area contributed by atoms with Gasteiger partial charge in [0.1, 0.15) is 5.67 Å². The van der Waals surface area contributed by atoms with E-state index in [2.05, 4.69) is 0 Å². The van der Waals surface area contributed by atoms with Crippen molar-refractivity contribution < 1.29 is 16.7 Å². The third-order valence-corrected chi connectivity index (χ3v) is 0.969. The highest BCUT2D eigenvalue weighted by molar-refractivity contribution is 4.79. The zero-order valence-corrected chi connectivity index (χ0v) is 5.38. The lowest BCUT2D eigenvalue weighted by Gasteiger charge is -2.28. The van der Waals surface area contributed by atoms with Crippen LogP contribution in [0.25, 0.3) is 0 Å². The highest BCUT2D eigenvalue weighted by atomic mass is 19.1. The summed E-state index contributed by atoms with van der Waals surface area (Å²) in [6, 6.07) is 0. The van der Waals surface area contributed by atoms with E-state index in [9.17, 15) is 4.39 Å². The Kier molecular flexibility index (Phi) is 0.442. The molecule has 0 bridgehead atoms. The molecule has 0 saturated heterocycles. The number of rotatable bonds is 0. The summed E-state index contributed by atoms with van der Waals surface area (Å²) in [5.74, 6) is -2.78. The standard InChI is InChI=1S/C8H15F/c1-7-3-5-8(2,9)6-4-7/h7H,3-6H2,1-2H3/i3D2,4D2,5D2,6D2,7D. The first kappa shape index (κ1) is 1.75. The Hall–Kier alpha value is -0.0700. The van der Waals surface area contributed by atoms with Crippen LogP contribution in [0.5, 0.6) is 0 Å². The number of hydrogen-bond donors (Lipinski definition) is 0. The summed E-state index contributed by atoms with van der Waals surface area (Å²) >= 11 is 0. The van der Waals surface area contributed by atoms with Crippen LogP contribution in [0.4, 0.5) is 4.39 Å². The van der Waals surface area contributed by atoms with Gasteiger partial charge in [-0.15, -0.1) is 0 Å². The maximum atomic E-state index is 14.4. The highest BCUT2D eigenvalue weighted by Crippen LogP contribution is 2.33. The van der Waals surface area contributed by atoms with E-state index < -0.39 is 37.1 Å². The molecule has 0 N–H and O–H groups in total. The van der Waals surface area contributed by atoms with Gasteiger partial charge in [0.05, 0.1) is 0 Å². The third-order valence-electron chi connectivity index (χ3n) is 0.969. The second-order valence-corrected chi connectivity index (χ2v) is 2.13. The summed E-state index contributed by atoms with van der Waals surface area (Å²) in [7, 11) is 0. The normalized spacial score (nSPS) is 90.3. The smallest absolute Gasteiger partial charge is 0.108 e. The van der Waals surface area contributed by atoms with Crippen molar-refractivity contribution in [3.05, 3.63) is 0 Å². The van der Waals surface area contributed by atoms with Gasteiger partial charge in [-0.05, 0) is 38.3 Å². The van der Waals surface area contributed by atoms with Gasteiger partial charge in [-0.2, -0.15) is 0 Å². The van der Waals surface area contributed by atoms with Crippen LogP contribution in [0, 0.1) is 5.89 Å². The predicted molar refractivity (Wildman–Crippen MR) is 37.1 cm³/mol. The molecule has 1 heteroatoms. The lowest BCUT2D eigenvalue weighted by atomic mass is 9.82. The van der Waals surface area contributed by atoms with Crippen molar-refractivity contribution in [3.8, 4) is 0 Å². The molecule has 0 heterocycles. The van der Waals surface area contributed by atoms with Crippen molar-refractivity contribution >= 4 is 0 Å². The third kappa shape index (κ3) is 1.96. The highest BCUT2D eigenvalue weighted by Gasteiger charge is 2.28. The molecule has 0 nitrogen and oxygen atoms in total. The first-order valence-electron chi connectivity index (χ1n) is 7.19. The molecule has 1 saturated carbocycles. The van der Waals surface area contributed by atoms with Crippen LogP contribution in [-0.2, 0) is 0 Å². The molecule has 0 aromatic carbocycles. The van der Waals surface area contributed by atoms with Crippen molar-refractivity contribution in [2.24, 2.45) is 5.89 Å². The van der Waals surface area contributed by atoms with Gasteiger partial charge in [-0.3, -0.25) is 0 Å². The molecule has 0 spiro atoms. The van der Waals surface area contributed by atoms with Crippen LogP contribution in [0.2, 0.25) is 0 Å². The number of alkyl halides is 1. The maximum Gasteiger partial charge on any atom is 0.108 e. The lowest BCUT2D eigenvalue weighted by Crippen LogP contribution is -2.24. The summed E-state index contributed by atoms with van der Waals surface area (Å²) in [4.78, 5) is 0. The SMILES string of the molecule is [2H]C1([2H])C([2H])([2H])C(C)(F)C([2H])([2H])C([2H])([2H])C1([2H])C. The molecular weight excluding hydrogens is 115 g/mol. The van der Waals surface area contributed by atoms with E-state index in [0.29, 0.717) is 6.92 Å². The molecule has 1 rings (SSSR count).